The van der Waals surface area contributed by atoms with Gasteiger partial charge in [-0.25, -0.2) is 0 Å². The fraction of sp³-hybridized carbons (Fsp3) is 0.750. The summed E-state index contributed by atoms with van der Waals surface area (Å²) in [7, 11) is -4.00. The summed E-state index contributed by atoms with van der Waals surface area (Å²) in [6.45, 7) is 0.859. The molecule has 0 fully saturated rings. The number of carbonyl (C=O) groups is 1. The van der Waals surface area contributed by atoms with Gasteiger partial charge in [0, 0.05) is 6.92 Å². The van der Waals surface area contributed by atoms with E-state index < -0.39 is 21.8 Å². The van der Waals surface area contributed by atoms with Crippen LogP contribution in [0.4, 0.5) is 0 Å². The molecule has 0 heterocycles. The average Bonchev–Trinajstić information content (AvgIpc) is 1.59. The van der Waals surface area contributed by atoms with Gasteiger partial charge in [0.1, 0.15) is 12.4 Å². The summed E-state index contributed by atoms with van der Waals surface area (Å²) < 4.78 is 32.3. The zero-order valence-corrected chi connectivity index (χ0v) is 6.22. The van der Waals surface area contributed by atoms with Crippen molar-refractivity contribution in [3.63, 3.8) is 0 Å². The predicted molar refractivity (Wildman–Crippen MR) is 40.2 cm³/mol. The third-order valence-electron chi connectivity index (χ3n) is 0.647. The number of hydrogen-bond donors (Lipinski definition) is 1. The van der Waals surface area contributed by atoms with Crippen molar-refractivity contribution in [2.75, 3.05) is 12.4 Å². The molecule has 11 heavy (non-hydrogen) atoms. The maximum absolute atomic E-state index is 10.0. The van der Waals surface area contributed by atoms with Gasteiger partial charge in [-0.1, -0.05) is 0 Å². The monoisotopic (exact) mass is 192 g/mol. The normalized spacial score (nSPS) is 10.0. The Morgan fingerprint density at radius 1 is 1.55 bits per heavy atom. The summed E-state index contributed by atoms with van der Waals surface area (Å²) >= 11 is 0. The second-order valence-corrected chi connectivity index (χ2v) is 3.20. The number of ether oxygens (including phenoxy) is 1. The molecular formula is C4H9NaO5S. The van der Waals surface area contributed by atoms with Crippen LogP contribution in [0, 0.1) is 0 Å². The Hall–Kier alpha value is 0.380. The first kappa shape index (κ1) is 13.9. The molecule has 0 spiro atoms. The summed E-state index contributed by atoms with van der Waals surface area (Å²) in [6, 6.07) is 0. The quantitative estimate of drug-likeness (QED) is 0.344. The zero-order chi connectivity index (χ0) is 8.20. The van der Waals surface area contributed by atoms with Crippen molar-refractivity contribution in [1.29, 1.82) is 0 Å². The van der Waals surface area contributed by atoms with Crippen LogP contribution in [0.15, 0.2) is 0 Å². The number of hydrogen-bond acceptors (Lipinski definition) is 4. The van der Waals surface area contributed by atoms with Gasteiger partial charge in [-0.05, 0) is 0 Å². The number of esters is 1. The van der Waals surface area contributed by atoms with E-state index in [1.54, 1.807) is 0 Å². The first-order chi connectivity index (χ1) is 4.42. The predicted octanol–water partition coefficient (Wildman–Crippen LogP) is -1.21. The van der Waals surface area contributed by atoms with Crippen molar-refractivity contribution >= 4 is 45.6 Å². The van der Waals surface area contributed by atoms with Gasteiger partial charge in [-0.2, -0.15) is 8.42 Å². The molecule has 0 aliphatic carbocycles. The molecular weight excluding hydrogens is 183 g/mol. The van der Waals surface area contributed by atoms with E-state index in [1.807, 2.05) is 0 Å². The molecule has 0 unspecified atom stereocenters. The third-order valence-corrected chi connectivity index (χ3v) is 1.33. The van der Waals surface area contributed by atoms with E-state index in [2.05, 4.69) is 4.74 Å². The van der Waals surface area contributed by atoms with Crippen LogP contribution < -0.4 is 0 Å². The Labute approximate surface area is 87.2 Å². The van der Waals surface area contributed by atoms with E-state index in [1.165, 1.54) is 0 Å². The molecule has 7 heteroatoms. The third kappa shape index (κ3) is 13.4. The Kier molecular flexibility index (Phi) is 7.55. The molecule has 0 aromatic rings. The molecule has 0 bridgehead atoms. The first-order valence-corrected chi connectivity index (χ1v) is 4.11. The summed E-state index contributed by atoms with van der Waals surface area (Å²) in [5, 5.41) is 0. The summed E-state index contributed by atoms with van der Waals surface area (Å²) in [6.07, 6.45) is 0. The van der Waals surface area contributed by atoms with Crippen LogP contribution in [0.2, 0.25) is 0 Å². The van der Waals surface area contributed by atoms with Crippen LogP contribution >= 0.6 is 0 Å². The molecule has 0 atom stereocenters. The van der Waals surface area contributed by atoms with Crippen molar-refractivity contribution in [3.8, 4) is 0 Å². The Morgan fingerprint density at radius 3 is 2.27 bits per heavy atom. The van der Waals surface area contributed by atoms with E-state index in [0.29, 0.717) is 0 Å². The van der Waals surface area contributed by atoms with Crippen molar-refractivity contribution in [1.82, 2.24) is 0 Å². The maximum atomic E-state index is 10.0. The minimum absolute atomic E-state index is 0. The summed E-state index contributed by atoms with van der Waals surface area (Å²) in [5.41, 5.74) is 0. The molecule has 0 aliphatic heterocycles. The van der Waals surface area contributed by atoms with Gasteiger partial charge in [0.05, 0.1) is 0 Å². The van der Waals surface area contributed by atoms with Gasteiger partial charge < -0.3 is 4.74 Å². The molecule has 0 radical (unpaired) electrons. The van der Waals surface area contributed by atoms with Crippen LogP contribution in [0.1, 0.15) is 6.92 Å². The molecule has 0 aromatic carbocycles. The molecule has 0 amide bonds. The standard InChI is InChI=1S/C4H8O5S.Na.H/c1-4(5)9-2-3-10(6,7)8;;/h2-3H2,1H3,(H,6,7,8);;. The molecule has 0 aliphatic rings. The van der Waals surface area contributed by atoms with Gasteiger partial charge in [0.25, 0.3) is 10.1 Å². The molecule has 0 saturated carbocycles. The van der Waals surface area contributed by atoms with Crippen LogP contribution in [-0.4, -0.2) is 60.9 Å². The first-order valence-electron chi connectivity index (χ1n) is 2.50. The van der Waals surface area contributed by atoms with Crippen LogP contribution in [0.3, 0.4) is 0 Å². The van der Waals surface area contributed by atoms with E-state index in [4.69, 9.17) is 4.55 Å². The van der Waals surface area contributed by atoms with Gasteiger partial charge in [-0.3, -0.25) is 9.35 Å². The molecule has 0 aromatic heterocycles. The van der Waals surface area contributed by atoms with E-state index in [-0.39, 0.29) is 36.2 Å². The fourth-order valence-electron chi connectivity index (χ4n) is 0.291. The molecule has 0 rings (SSSR count). The summed E-state index contributed by atoms with van der Waals surface area (Å²) in [4.78, 5) is 10.0. The van der Waals surface area contributed by atoms with Crippen LogP contribution in [0.5, 0.6) is 0 Å². The SMILES string of the molecule is CC(=O)OCCS(=O)(=O)O.[NaH]. The van der Waals surface area contributed by atoms with Crippen molar-refractivity contribution < 1.29 is 22.5 Å². The summed E-state index contributed by atoms with van der Waals surface area (Å²) in [5.74, 6) is -1.12. The topological polar surface area (TPSA) is 80.7 Å². The van der Waals surface area contributed by atoms with E-state index >= 15 is 0 Å². The Balaban J connectivity index is 0. The molecule has 0 saturated heterocycles. The van der Waals surface area contributed by atoms with Gasteiger partial charge >= 0.3 is 35.5 Å². The Morgan fingerprint density at radius 2 is 2.00 bits per heavy atom. The second kappa shape index (κ2) is 5.96. The van der Waals surface area contributed by atoms with E-state index in [0.717, 1.165) is 6.92 Å². The van der Waals surface area contributed by atoms with Gasteiger partial charge in [0.2, 0.25) is 0 Å². The number of carbonyl (C=O) groups excluding carboxylic acids is 1. The van der Waals surface area contributed by atoms with Crippen molar-refractivity contribution in [3.05, 3.63) is 0 Å². The average molecular weight is 192 g/mol. The second-order valence-electron chi connectivity index (χ2n) is 1.63. The van der Waals surface area contributed by atoms with Crippen molar-refractivity contribution in [2.45, 2.75) is 6.92 Å². The zero-order valence-electron chi connectivity index (χ0n) is 5.40. The van der Waals surface area contributed by atoms with Gasteiger partial charge in [0.15, 0.2) is 0 Å². The Bertz CT molecular complexity index is 209. The number of rotatable bonds is 3. The van der Waals surface area contributed by atoms with Crippen LogP contribution in [0.25, 0.3) is 0 Å². The van der Waals surface area contributed by atoms with Crippen LogP contribution in [-0.2, 0) is 19.6 Å². The van der Waals surface area contributed by atoms with Crippen molar-refractivity contribution in [2.24, 2.45) is 0 Å². The molecule has 1 N–H and O–H groups in total. The minimum atomic E-state index is -4.00. The van der Waals surface area contributed by atoms with Gasteiger partial charge in [-0.15, -0.1) is 0 Å². The molecule has 5 nitrogen and oxygen atoms in total. The van der Waals surface area contributed by atoms with E-state index in [9.17, 15) is 13.2 Å². The molecule has 62 valence electrons. The fourth-order valence-corrected chi connectivity index (χ4v) is 0.585.